The van der Waals surface area contributed by atoms with Crippen LogP contribution < -0.4 is 10.3 Å². The summed E-state index contributed by atoms with van der Waals surface area (Å²) in [5.74, 6) is 0.0772. The number of rotatable bonds is 1. The molecule has 0 unspecified atom stereocenters. The molecular weight excluding hydrogens is 237 g/mol. The van der Waals surface area contributed by atoms with Crippen molar-refractivity contribution in [2.45, 2.75) is 6.18 Å². The Kier molecular flexibility index (Phi) is 2.53. The van der Waals surface area contributed by atoms with E-state index in [2.05, 4.69) is 10.2 Å². The molecule has 0 amide bonds. The molecule has 17 heavy (non-hydrogen) atoms. The summed E-state index contributed by atoms with van der Waals surface area (Å²) in [6.07, 6.45) is -4.49. The van der Waals surface area contributed by atoms with E-state index in [1.165, 1.54) is 13.2 Å². The zero-order valence-corrected chi connectivity index (χ0v) is 8.63. The van der Waals surface area contributed by atoms with E-state index in [1.807, 2.05) is 0 Å². The Bertz CT molecular complexity index is 619. The number of halogens is 3. The third kappa shape index (κ3) is 1.95. The number of alkyl halides is 3. The van der Waals surface area contributed by atoms with Crippen LogP contribution in [0.3, 0.4) is 0 Å². The van der Waals surface area contributed by atoms with Crippen molar-refractivity contribution in [1.29, 1.82) is 0 Å². The average Bonchev–Trinajstić information content (AvgIpc) is 2.28. The first-order valence-corrected chi connectivity index (χ1v) is 4.57. The number of ether oxygens (including phenoxy) is 1. The topological polar surface area (TPSA) is 55.0 Å². The number of nitrogens with zero attached hydrogens (tertiary/aromatic N) is 1. The van der Waals surface area contributed by atoms with Gasteiger partial charge in [-0.05, 0) is 18.2 Å². The lowest BCUT2D eigenvalue weighted by Crippen LogP contribution is -2.12. The van der Waals surface area contributed by atoms with Crippen molar-refractivity contribution in [3.8, 4) is 5.88 Å². The number of aromatic nitrogens is 2. The Morgan fingerprint density at radius 2 is 2.00 bits per heavy atom. The Morgan fingerprint density at radius 3 is 2.59 bits per heavy atom. The van der Waals surface area contributed by atoms with E-state index in [9.17, 15) is 18.0 Å². The number of aromatic amines is 1. The second-order valence-corrected chi connectivity index (χ2v) is 3.32. The molecule has 0 aliphatic carbocycles. The fourth-order valence-corrected chi connectivity index (χ4v) is 1.47. The smallest absolute Gasteiger partial charge is 0.416 e. The maximum Gasteiger partial charge on any atom is 0.416 e. The van der Waals surface area contributed by atoms with Gasteiger partial charge in [0.25, 0.3) is 5.56 Å². The highest BCUT2D eigenvalue weighted by Crippen LogP contribution is 2.31. The Labute approximate surface area is 93.0 Å². The van der Waals surface area contributed by atoms with Crippen LogP contribution in [0.1, 0.15) is 5.56 Å². The lowest BCUT2D eigenvalue weighted by Gasteiger charge is -2.08. The minimum absolute atomic E-state index is 0.0772. The first kappa shape index (κ1) is 11.4. The van der Waals surface area contributed by atoms with Gasteiger partial charge in [-0.3, -0.25) is 4.79 Å². The van der Waals surface area contributed by atoms with Gasteiger partial charge in [-0.1, -0.05) is 0 Å². The molecule has 0 saturated carbocycles. The zero-order chi connectivity index (χ0) is 12.6. The number of H-pyrrole nitrogens is 1. The maximum absolute atomic E-state index is 12.5. The van der Waals surface area contributed by atoms with Gasteiger partial charge < -0.3 is 4.74 Å². The number of hydrogen-bond acceptors (Lipinski definition) is 3. The summed E-state index contributed by atoms with van der Waals surface area (Å²) in [5, 5.41) is 5.79. The van der Waals surface area contributed by atoms with Crippen molar-refractivity contribution in [1.82, 2.24) is 10.2 Å². The molecule has 1 N–H and O–H groups in total. The lowest BCUT2D eigenvalue weighted by atomic mass is 10.1. The molecule has 1 aromatic carbocycles. The van der Waals surface area contributed by atoms with E-state index in [4.69, 9.17) is 4.74 Å². The van der Waals surface area contributed by atoms with E-state index in [0.717, 1.165) is 12.1 Å². The molecule has 0 saturated heterocycles. The molecule has 0 radical (unpaired) electrons. The first-order valence-electron chi connectivity index (χ1n) is 4.57. The van der Waals surface area contributed by atoms with E-state index in [-0.39, 0.29) is 16.7 Å². The molecule has 90 valence electrons. The number of fused-ring (bicyclic) bond motifs is 1. The summed E-state index contributed by atoms with van der Waals surface area (Å²) in [5.41, 5.74) is -1.57. The Balaban J connectivity index is 2.78. The number of hydrogen-bond donors (Lipinski definition) is 1. The zero-order valence-electron chi connectivity index (χ0n) is 8.63. The van der Waals surface area contributed by atoms with Gasteiger partial charge in [-0.2, -0.15) is 13.2 Å². The van der Waals surface area contributed by atoms with Crippen molar-refractivity contribution >= 4 is 10.8 Å². The summed E-state index contributed by atoms with van der Waals surface area (Å²) < 4.78 is 42.3. The maximum atomic E-state index is 12.5. The van der Waals surface area contributed by atoms with Gasteiger partial charge in [-0.25, -0.2) is 5.10 Å². The molecule has 0 aliphatic heterocycles. The van der Waals surface area contributed by atoms with Gasteiger partial charge in [0.05, 0.1) is 23.4 Å². The van der Waals surface area contributed by atoms with Crippen LogP contribution >= 0.6 is 0 Å². The number of nitrogens with one attached hydrogen (secondary N) is 1. The Hall–Kier alpha value is -2.05. The number of methoxy groups -OCH3 is 1. The second-order valence-electron chi connectivity index (χ2n) is 3.32. The van der Waals surface area contributed by atoms with Crippen LogP contribution in [0, 0.1) is 0 Å². The largest absolute Gasteiger partial charge is 0.480 e. The van der Waals surface area contributed by atoms with Crippen LogP contribution in [0.5, 0.6) is 5.88 Å². The van der Waals surface area contributed by atoms with E-state index in [0.29, 0.717) is 0 Å². The normalized spacial score (nSPS) is 11.8. The van der Waals surface area contributed by atoms with Crippen LogP contribution in [0.15, 0.2) is 23.0 Å². The van der Waals surface area contributed by atoms with Gasteiger partial charge in [0.15, 0.2) is 0 Å². The van der Waals surface area contributed by atoms with E-state index >= 15 is 0 Å². The van der Waals surface area contributed by atoms with Crippen LogP contribution in [0.25, 0.3) is 10.8 Å². The standard InChI is InChI=1S/C10H7F3N2O2/c1-17-9-6-3-2-5(10(11,12)13)4-7(6)8(16)14-15-9/h2-4H,1H3,(H,14,16). The van der Waals surface area contributed by atoms with E-state index in [1.54, 1.807) is 0 Å². The second kappa shape index (κ2) is 3.76. The molecule has 0 bridgehead atoms. The van der Waals surface area contributed by atoms with Crippen LogP contribution in [0.4, 0.5) is 13.2 Å². The summed E-state index contributed by atoms with van der Waals surface area (Å²) >= 11 is 0. The van der Waals surface area contributed by atoms with Gasteiger partial charge in [0, 0.05) is 0 Å². The molecule has 2 aromatic rings. The predicted octanol–water partition coefficient (Wildman–Crippen LogP) is 1.95. The minimum Gasteiger partial charge on any atom is -0.480 e. The quantitative estimate of drug-likeness (QED) is 0.834. The van der Waals surface area contributed by atoms with Crippen molar-refractivity contribution in [2.24, 2.45) is 0 Å². The van der Waals surface area contributed by atoms with Gasteiger partial charge in [0.2, 0.25) is 5.88 Å². The summed E-state index contributed by atoms with van der Waals surface area (Å²) in [4.78, 5) is 11.4. The lowest BCUT2D eigenvalue weighted by molar-refractivity contribution is -0.137. The molecular formula is C10H7F3N2O2. The van der Waals surface area contributed by atoms with Crippen molar-refractivity contribution < 1.29 is 17.9 Å². The van der Waals surface area contributed by atoms with Crippen LogP contribution in [-0.4, -0.2) is 17.3 Å². The van der Waals surface area contributed by atoms with Crippen molar-refractivity contribution in [3.63, 3.8) is 0 Å². The van der Waals surface area contributed by atoms with Crippen molar-refractivity contribution in [3.05, 3.63) is 34.1 Å². The van der Waals surface area contributed by atoms with Gasteiger partial charge in [0.1, 0.15) is 0 Å². The molecule has 2 rings (SSSR count). The van der Waals surface area contributed by atoms with Gasteiger partial charge >= 0.3 is 6.18 Å². The fourth-order valence-electron chi connectivity index (χ4n) is 1.47. The Morgan fingerprint density at radius 1 is 1.29 bits per heavy atom. The third-order valence-corrected chi connectivity index (χ3v) is 2.27. The summed E-state index contributed by atoms with van der Waals surface area (Å²) in [6.45, 7) is 0. The molecule has 4 nitrogen and oxygen atoms in total. The molecule has 1 heterocycles. The summed E-state index contributed by atoms with van der Waals surface area (Å²) in [7, 11) is 1.32. The minimum atomic E-state index is -4.49. The predicted molar refractivity (Wildman–Crippen MR) is 53.9 cm³/mol. The van der Waals surface area contributed by atoms with Crippen LogP contribution in [-0.2, 0) is 6.18 Å². The van der Waals surface area contributed by atoms with Crippen molar-refractivity contribution in [2.75, 3.05) is 7.11 Å². The molecule has 0 spiro atoms. The van der Waals surface area contributed by atoms with E-state index < -0.39 is 17.3 Å². The SMILES string of the molecule is COc1n[nH]c(=O)c2cc(C(F)(F)F)ccc12. The van der Waals surface area contributed by atoms with Gasteiger partial charge in [-0.15, -0.1) is 5.10 Å². The number of benzene rings is 1. The monoisotopic (exact) mass is 244 g/mol. The highest BCUT2D eigenvalue weighted by Gasteiger charge is 2.30. The molecule has 0 atom stereocenters. The molecule has 0 aliphatic rings. The first-order chi connectivity index (χ1) is 7.93. The molecule has 7 heteroatoms. The third-order valence-electron chi connectivity index (χ3n) is 2.27. The highest BCUT2D eigenvalue weighted by atomic mass is 19.4. The average molecular weight is 244 g/mol. The summed E-state index contributed by atoms with van der Waals surface area (Å²) in [6, 6.07) is 2.82. The molecule has 1 aromatic heterocycles. The van der Waals surface area contributed by atoms with Crippen LogP contribution in [0.2, 0.25) is 0 Å². The highest BCUT2D eigenvalue weighted by molar-refractivity contribution is 5.86. The molecule has 0 fully saturated rings. The fraction of sp³-hybridized carbons (Fsp3) is 0.200.